The number of nitrogens with one attached hydrogen (secondary N) is 1. The molecule has 0 fully saturated rings. The first kappa shape index (κ1) is 16.6. The van der Waals surface area contributed by atoms with Crippen molar-refractivity contribution in [2.24, 2.45) is 0 Å². The van der Waals surface area contributed by atoms with E-state index in [-0.39, 0.29) is 31.0 Å². The highest BCUT2D eigenvalue weighted by atomic mass is 32.2. The third-order valence-corrected chi connectivity index (χ3v) is 4.12. The minimum Gasteiger partial charge on any atom is -0.469 e. The summed E-state index contributed by atoms with van der Waals surface area (Å²) in [7, 11) is -2.16. The molecule has 1 N–H and O–H groups in total. The Bertz CT molecular complexity index is 545. The zero-order valence-electron chi connectivity index (χ0n) is 11.3. The smallest absolute Gasteiger partial charge is 0.305 e. The quantitative estimate of drug-likeness (QED) is 0.733. The molecular formula is C13H18FNO4S. The van der Waals surface area contributed by atoms with E-state index < -0.39 is 16.0 Å². The van der Waals surface area contributed by atoms with Crippen LogP contribution < -0.4 is 4.72 Å². The molecule has 0 radical (unpaired) electrons. The number of benzene rings is 1. The molecule has 0 aliphatic heterocycles. The summed E-state index contributed by atoms with van der Waals surface area (Å²) in [6.45, 7) is 0.198. The fraction of sp³-hybridized carbons (Fsp3) is 0.462. The molecule has 0 amide bonds. The average Bonchev–Trinajstić information content (AvgIpc) is 2.38. The molecule has 1 aromatic rings. The van der Waals surface area contributed by atoms with Crippen molar-refractivity contribution in [1.82, 2.24) is 4.72 Å². The van der Waals surface area contributed by atoms with Crippen LogP contribution in [0.1, 0.15) is 18.4 Å². The van der Waals surface area contributed by atoms with Crippen LogP contribution in [0.25, 0.3) is 0 Å². The first-order chi connectivity index (χ1) is 9.43. The Labute approximate surface area is 118 Å². The number of rotatable bonds is 8. The van der Waals surface area contributed by atoms with Crippen LogP contribution in [0, 0.1) is 5.82 Å². The number of hydrogen-bond acceptors (Lipinski definition) is 4. The molecule has 0 spiro atoms. The largest absolute Gasteiger partial charge is 0.469 e. The van der Waals surface area contributed by atoms with E-state index in [4.69, 9.17) is 0 Å². The van der Waals surface area contributed by atoms with Crippen LogP contribution in [0.5, 0.6) is 0 Å². The highest BCUT2D eigenvalue weighted by Crippen LogP contribution is 2.04. The lowest BCUT2D eigenvalue weighted by Crippen LogP contribution is -2.28. The molecule has 0 aromatic heterocycles. The minimum atomic E-state index is -3.42. The van der Waals surface area contributed by atoms with Gasteiger partial charge in [0.05, 0.1) is 12.9 Å². The number of carbonyl (C=O) groups excluding carboxylic acids is 1. The third kappa shape index (κ3) is 6.63. The summed E-state index contributed by atoms with van der Waals surface area (Å²) in [5.74, 6) is -0.908. The highest BCUT2D eigenvalue weighted by molar-refractivity contribution is 7.89. The fourth-order valence-corrected chi connectivity index (χ4v) is 2.71. The standard InChI is InChI=1S/C13H18FNO4S/c1-19-13(16)6-3-9-20(17,18)15-8-7-11-4-2-5-12(14)10-11/h2,4-5,10,15H,3,6-9H2,1H3. The Hall–Kier alpha value is -1.47. The second kappa shape index (κ2) is 7.96. The lowest BCUT2D eigenvalue weighted by molar-refractivity contribution is -0.140. The number of esters is 1. The lowest BCUT2D eigenvalue weighted by atomic mass is 10.1. The Morgan fingerprint density at radius 3 is 2.80 bits per heavy atom. The monoisotopic (exact) mass is 303 g/mol. The van der Waals surface area contributed by atoms with Crippen molar-refractivity contribution in [3.8, 4) is 0 Å². The van der Waals surface area contributed by atoms with Crippen LogP contribution in [0.15, 0.2) is 24.3 Å². The summed E-state index contributed by atoms with van der Waals surface area (Å²) in [6.07, 6.45) is 0.692. The van der Waals surface area contributed by atoms with Gasteiger partial charge in [-0.05, 0) is 30.5 Å². The molecule has 112 valence electrons. The number of carbonyl (C=O) groups is 1. The second-order valence-electron chi connectivity index (χ2n) is 4.27. The normalized spacial score (nSPS) is 11.3. The lowest BCUT2D eigenvalue weighted by Gasteiger charge is -2.06. The van der Waals surface area contributed by atoms with Crippen molar-refractivity contribution in [1.29, 1.82) is 0 Å². The average molecular weight is 303 g/mol. The molecule has 5 nitrogen and oxygen atoms in total. The van der Waals surface area contributed by atoms with Gasteiger partial charge in [-0.1, -0.05) is 12.1 Å². The fourth-order valence-electron chi connectivity index (χ4n) is 1.62. The van der Waals surface area contributed by atoms with Crippen LogP contribution in [0.4, 0.5) is 4.39 Å². The molecule has 1 aromatic carbocycles. The van der Waals surface area contributed by atoms with Gasteiger partial charge in [0.2, 0.25) is 10.0 Å². The molecule has 7 heteroatoms. The zero-order valence-corrected chi connectivity index (χ0v) is 12.1. The third-order valence-electron chi connectivity index (χ3n) is 2.65. The minimum absolute atomic E-state index is 0.0707. The van der Waals surface area contributed by atoms with E-state index in [1.54, 1.807) is 12.1 Å². The van der Waals surface area contributed by atoms with Gasteiger partial charge in [-0.25, -0.2) is 17.5 Å². The molecule has 0 unspecified atom stereocenters. The molecule has 1 rings (SSSR count). The van der Waals surface area contributed by atoms with Crippen molar-refractivity contribution in [3.05, 3.63) is 35.6 Å². The van der Waals surface area contributed by atoms with Crippen LogP contribution in [-0.2, 0) is 26.0 Å². The van der Waals surface area contributed by atoms with Gasteiger partial charge < -0.3 is 4.74 Å². The predicted molar refractivity (Wildman–Crippen MR) is 73.1 cm³/mol. The maximum absolute atomic E-state index is 12.9. The molecule has 0 saturated carbocycles. The van der Waals surface area contributed by atoms with Gasteiger partial charge in [0.15, 0.2) is 0 Å². The van der Waals surface area contributed by atoms with E-state index >= 15 is 0 Å². The van der Waals surface area contributed by atoms with E-state index in [0.29, 0.717) is 6.42 Å². The molecule has 0 atom stereocenters. The summed E-state index contributed by atoms with van der Waals surface area (Å²) in [4.78, 5) is 10.9. The van der Waals surface area contributed by atoms with Gasteiger partial charge in [-0.15, -0.1) is 0 Å². The SMILES string of the molecule is COC(=O)CCCS(=O)(=O)NCCc1cccc(F)c1. The van der Waals surface area contributed by atoms with E-state index in [2.05, 4.69) is 9.46 Å². The van der Waals surface area contributed by atoms with Crippen molar-refractivity contribution in [3.63, 3.8) is 0 Å². The molecular weight excluding hydrogens is 285 g/mol. The number of halogens is 1. The number of hydrogen-bond donors (Lipinski definition) is 1. The van der Waals surface area contributed by atoms with Gasteiger partial charge in [0.25, 0.3) is 0 Å². The maximum Gasteiger partial charge on any atom is 0.305 e. The first-order valence-corrected chi connectivity index (χ1v) is 7.87. The summed E-state index contributed by atoms with van der Waals surface area (Å²) < 4.78 is 43.0. The van der Waals surface area contributed by atoms with E-state index in [9.17, 15) is 17.6 Å². The molecule has 0 heterocycles. The summed E-state index contributed by atoms with van der Waals surface area (Å²) in [5, 5.41) is 0. The first-order valence-electron chi connectivity index (χ1n) is 6.21. The topological polar surface area (TPSA) is 72.5 Å². The predicted octanol–water partition coefficient (Wildman–Crippen LogP) is 1.24. The van der Waals surface area contributed by atoms with Gasteiger partial charge >= 0.3 is 5.97 Å². The van der Waals surface area contributed by atoms with Crippen molar-refractivity contribution >= 4 is 16.0 Å². The highest BCUT2D eigenvalue weighted by Gasteiger charge is 2.11. The van der Waals surface area contributed by atoms with E-state index in [1.165, 1.54) is 19.2 Å². The van der Waals surface area contributed by atoms with Gasteiger partial charge in [0.1, 0.15) is 5.82 Å². The Morgan fingerprint density at radius 2 is 2.15 bits per heavy atom. The Morgan fingerprint density at radius 1 is 1.40 bits per heavy atom. The maximum atomic E-state index is 12.9. The number of sulfonamides is 1. The van der Waals surface area contributed by atoms with Gasteiger partial charge in [-0.2, -0.15) is 0 Å². The van der Waals surface area contributed by atoms with Crippen molar-refractivity contribution in [2.45, 2.75) is 19.3 Å². The molecule has 20 heavy (non-hydrogen) atoms. The molecule has 0 aliphatic carbocycles. The van der Waals surface area contributed by atoms with Crippen molar-refractivity contribution in [2.75, 3.05) is 19.4 Å². The van der Waals surface area contributed by atoms with Crippen LogP contribution >= 0.6 is 0 Å². The number of methoxy groups -OCH3 is 1. The molecule has 0 saturated heterocycles. The van der Waals surface area contributed by atoms with Gasteiger partial charge in [0, 0.05) is 13.0 Å². The van der Waals surface area contributed by atoms with Crippen LogP contribution in [-0.4, -0.2) is 33.8 Å². The van der Waals surface area contributed by atoms with Crippen LogP contribution in [0.3, 0.4) is 0 Å². The van der Waals surface area contributed by atoms with Crippen molar-refractivity contribution < 1.29 is 22.3 Å². The van der Waals surface area contributed by atoms with E-state index in [1.807, 2.05) is 0 Å². The Kier molecular flexibility index (Phi) is 6.60. The zero-order chi connectivity index (χ0) is 15.0. The second-order valence-corrected chi connectivity index (χ2v) is 6.20. The van der Waals surface area contributed by atoms with Gasteiger partial charge in [-0.3, -0.25) is 4.79 Å². The summed E-state index contributed by atoms with van der Waals surface area (Å²) in [5.41, 5.74) is 0.724. The summed E-state index contributed by atoms with van der Waals surface area (Å²) >= 11 is 0. The Balaban J connectivity index is 2.31. The van der Waals surface area contributed by atoms with E-state index in [0.717, 1.165) is 5.56 Å². The molecule has 0 aliphatic rings. The summed E-state index contributed by atoms with van der Waals surface area (Å²) in [6, 6.07) is 6.01. The van der Waals surface area contributed by atoms with Crippen LogP contribution in [0.2, 0.25) is 0 Å². The number of ether oxygens (including phenoxy) is 1. The molecule has 0 bridgehead atoms.